The highest BCUT2D eigenvalue weighted by Gasteiger charge is 2.13. The fraction of sp³-hybridized carbons (Fsp3) is 0.167. The molecule has 0 radical (unpaired) electrons. The third kappa shape index (κ3) is 8.51. The number of anilines is 3. The number of fused-ring (bicyclic) bond motifs is 1. The van der Waals surface area contributed by atoms with E-state index < -0.39 is 0 Å². The number of nitrogens with zero attached hydrogens (tertiary/aromatic N) is 1. The first kappa shape index (κ1) is 29.1. The average molecular weight is 488 g/mol. The van der Waals surface area contributed by atoms with Crippen LogP contribution in [0.15, 0.2) is 133 Å². The molecule has 0 spiro atoms. The number of para-hydroxylation sites is 2. The van der Waals surface area contributed by atoms with Crippen molar-refractivity contribution in [2.45, 2.75) is 41.5 Å². The summed E-state index contributed by atoms with van der Waals surface area (Å²) in [6.07, 6.45) is 4.18. The molecular weight excluding hydrogens is 446 g/mol. The van der Waals surface area contributed by atoms with Crippen LogP contribution in [0.3, 0.4) is 0 Å². The maximum atomic E-state index is 2.30. The molecule has 190 valence electrons. The maximum absolute atomic E-state index is 2.30. The van der Waals surface area contributed by atoms with E-state index in [4.69, 9.17) is 0 Å². The summed E-state index contributed by atoms with van der Waals surface area (Å²) in [5.41, 5.74) is 6.01. The summed E-state index contributed by atoms with van der Waals surface area (Å²) >= 11 is 0. The first-order valence-electron chi connectivity index (χ1n) is 13.3. The van der Waals surface area contributed by atoms with Gasteiger partial charge >= 0.3 is 0 Å². The highest BCUT2D eigenvalue weighted by atomic mass is 15.1. The van der Waals surface area contributed by atoms with Crippen LogP contribution in [0.5, 0.6) is 0 Å². The second-order valence-electron chi connectivity index (χ2n) is 7.90. The van der Waals surface area contributed by atoms with Gasteiger partial charge in [0.15, 0.2) is 0 Å². The van der Waals surface area contributed by atoms with E-state index in [-0.39, 0.29) is 0 Å². The highest BCUT2D eigenvalue weighted by Crippen LogP contribution is 2.36. The van der Waals surface area contributed by atoms with Crippen molar-refractivity contribution in [3.63, 3.8) is 0 Å². The van der Waals surface area contributed by atoms with Crippen molar-refractivity contribution < 1.29 is 0 Å². The van der Waals surface area contributed by atoms with Gasteiger partial charge in [-0.3, -0.25) is 0 Å². The van der Waals surface area contributed by atoms with Gasteiger partial charge in [-0.05, 0) is 66.1 Å². The third-order valence-electron chi connectivity index (χ3n) is 5.54. The van der Waals surface area contributed by atoms with Crippen molar-refractivity contribution in [1.82, 2.24) is 0 Å². The molecule has 5 aromatic carbocycles. The van der Waals surface area contributed by atoms with Gasteiger partial charge in [0, 0.05) is 17.1 Å². The lowest BCUT2D eigenvalue weighted by atomic mass is 10.1. The molecule has 1 nitrogen and oxygen atoms in total. The van der Waals surface area contributed by atoms with Gasteiger partial charge in [0.1, 0.15) is 0 Å². The van der Waals surface area contributed by atoms with E-state index in [1.165, 1.54) is 39.0 Å². The lowest BCUT2D eigenvalue weighted by Crippen LogP contribution is -2.11. The van der Waals surface area contributed by atoms with Crippen LogP contribution < -0.4 is 4.90 Å². The Morgan fingerprint density at radius 1 is 0.486 bits per heavy atom. The molecule has 0 aromatic heterocycles. The van der Waals surface area contributed by atoms with Crippen LogP contribution in [0.4, 0.5) is 17.1 Å². The van der Waals surface area contributed by atoms with E-state index in [1.807, 2.05) is 34.6 Å². The summed E-state index contributed by atoms with van der Waals surface area (Å²) in [7, 11) is 0. The summed E-state index contributed by atoms with van der Waals surface area (Å²) in [5, 5.41) is 2.62. The molecule has 0 atom stereocenters. The molecule has 0 aliphatic carbocycles. The van der Waals surface area contributed by atoms with Crippen molar-refractivity contribution >= 4 is 33.9 Å². The van der Waals surface area contributed by atoms with Gasteiger partial charge in [0.2, 0.25) is 0 Å². The molecule has 0 fully saturated rings. The quantitative estimate of drug-likeness (QED) is 0.244. The Balaban J connectivity index is 0.000000285. The minimum Gasteiger partial charge on any atom is -0.310 e. The van der Waals surface area contributed by atoms with E-state index in [9.17, 15) is 0 Å². The van der Waals surface area contributed by atoms with Gasteiger partial charge in [-0.1, -0.05) is 137 Å². The van der Waals surface area contributed by atoms with Crippen molar-refractivity contribution in [2.24, 2.45) is 0 Å². The molecule has 5 aromatic rings. The maximum Gasteiger partial charge on any atom is 0.0490 e. The first-order chi connectivity index (χ1) is 18.3. The topological polar surface area (TPSA) is 3.24 Å². The SMILES string of the molecule is CC.CC.CC=Cc1ccc(N(c2ccccc2)c2ccccc2C)cc1.c1ccc2ccccc2c1. The number of rotatable bonds is 4. The first-order valence-corrected chi connectivity index (χ1v) is 13.3. The zero-order chi connectivity index (χ0) is 26.9. The summed E-state index contributed by atoms with van der Waals surface area (Å²) < 4.78 is 0. The van der Waals surface area contributed by atoms with Crippen LogP contribution in [0.25, 0.3) is 16.8 Å². The Morgan fingerprint density at radius 3 is 1.41 bits per heavy atom. The fourth-order valence-electron chi connectivity index (χ4n) is 3.88. The van der Waals surface area contributed by atoms with E-state index >= 15 is 0 Å². The van der Waals surface area contributed by atoms with Crippen molar-refractivity contribution in [1.29, 1.82) is 0 Å². The van der Waals surface area contributed by atoms with Gasteiger partial charge in [-0.25, -0.2) is 0 Å². The second-order valence-corrected chi connectivity index (χ2v) is 7.90. The van der Waals surface area contributed by atoms with Crippen LogP contribution in [0, 0.1) is 6.92 Å². The van der Waals surface area contributed by atoms with Crippen LogP contribution in [-0.4, -0.2) is 0 Å². The molecule has 5 rings (SSSR count). The molecule has 1 heteroatoms. The van der Waals surface area contributed by atoms with Crippen LogP contribution in [0.1, 0.15) is 45.7 Å². The molecular formula is C36H41N. The third-order valence-corrected chi connectivity index (χ3v) is 5.54. The van der Waals surface area contributed by atoms with Crippen LogP contribution >= 0.6 is 0 Å². The summed E-state index contributed by atoms with van der Waals surface area (Å²) in [4.78, 5) is 2.30. The summed E-state index contributed by atoms with van der Waals surface area (Å²) in [5.74, 6) is 0. The smallest absolute Gasteiger partial charge is 0.0490 e. The van der Waals surface area contributed by atoms with Crippen molar-refractivity contribution in [3.8, 4) is 0 Å². The summed E-state index contributed by atoms with van der Waals surface area (Å²) in [6, 6.07) is 44.4. The zero-order valence-corrected chi connectivity index (χ0v) is 23.2. The molecule has 0 saturated carbocycles. The van der Waals surface area contributed by atoms with Crippen LogP contribution in [-0.2, 0) is 0 Å². The number of allylic oxidation sites excluding steroid dienone is 1. The van der Waals surface area contributed by atoms with Gasteiger partial charge < -0.3 is 4.90 Å². The Labute approximate surface area is 224 Å². The molecule has 0 heterocycles. The monoisotopic (exact) mass is 487 g/mol. The normalized spacial score (nSPS) is 9.78. The minimum atomic E-state index is 1.17. The standard InChI is InChI=1S/C22H21N.C10H8.2C2H6/c1-3-9-19-14-16-21(17-15-19)23(20-11-5-4-6-12-20)22-13-8-7-10-18(22)2;1-2-6-10-8-4-3-7-9(10)5-1;2*1-2/h3-17H,1-2H3;1-8H;2*1-2H3. The molecule has 0 bridgehead atoms. The Morgan fingerprint density at radius 2 is 0.919 bits per heavy atom. The number of benzene rings is 5. The largest absolute Gasteiger partial charge is 0.310 e. The zero-order valence-electron chi connectivity index (χ0n) is 23.2. The minimum absolute atomic E-state index is 1.17. The van der Waals surface area contributed by atoms with Crippen molar-refractivity contribution in [2.75, 3.05) is 4.90 Å². The van der Waals surface area contributed by atoms with E-state index in [1.54, 1.807) is 0 Å². The number of hydrogen-bond donors (Lipinski definition) is 0. The van der Waals surface area contributed by atoms with E-state index in [2.05, 4.69) is 151 Å². The van der Waals surface area contributed by atoms with Crippen LogP contribution in [0.2, 0.25) is 0 Å². The molecule has 0 aliphatic heterocycles. The predicted octanol–water partition coefficient (Wildman–Crippen LogP) is 11.4. The van der Waals surface area contributed by atoms with E-state index in [0.29, 0.717) is 0 Å². The highest BCUT2D eigenvalue weighted by molar-refractivity contribution is 5.82. The van der Waals surface area contributed by atoms with Crippen molar-refractivity contribution in [3.05, 3.63) is 145 Å². The lowest BCUT2D eigenvalue weighted by Gasteiger charge is -2.27. The second kappa shape index (κ2) is 16.5. The van der Waals surface area contributed by atoms with Gasteiger partial charge in [-0.15, -0.1) is 0 Å². The van der Waals surface area contributed by atoms with E-state index in [0.717, 1.165) is 0 Å². The Bertz CT molecular complexity index is 1250. The van der Waals surface area contributed by atoms with Gasteiger partial charge in [0.25, 0.3) is 0 Å². The molecule has 0 N–H and O–H groups in total. The average Bonchev–Trinajstić information content (AvgIpc) is 2.98. The molecule has 0 amide bonds. The number of aryl methyl sites for hydroxylation is 1. The number of hydrogen-bond acceptors (Lipinski definition) is 1. The van der Waals surface area contributed by atoms with Gasteiger partial charge in [-0.2, -0.15) is 0 Å². The lowest BCUT2D eigenvalue weighted by molar-refractivity contribution is 1.25. The predicted molar refractivity (Wildman–Crippen MR) is 167 cm³/mol. The molecule has 0 unspecified atom stereocenters. The Kier molecular flexibility index (Phi) is 13.0. The van der Waals surface area contributed by atoms with Gasteiger partial charge in [0.05, 0.1) is 0 Å². The fourth-order valence-corrected chi connectivity index (χ4v) is 3.88. The molecule has 37 heavy (non-hydrogen) atoms. The Hall–Kier alpha value is -4.10. The molecule has 0 saturated heterocycles. The summed E-state index contributed by atoms with van der Waals surface area (Å²) in [6.45, 7) is 12.2. The molecule has 0 aliphatic rings.